The average molecular weight is 360 g/mol. The van der Waals surface area contributed by atoms with Crippen LogP contribution in [-0.4, -0.2) is 4.98 Å². The largest absolute Gasteiger partial charge is 0.379 e. The summed E-state index contributed by atoms with van der Waals surface area (Å²) in [6.07, 6.45) is 0. The van der Waals surface area contributed by atoms with Crippen molar-refractivity contribution in [3.63, 3.8) is 0 Å². The minimum Gasteiger partial charge on any atom is -0.379 e. The van der Waals surface area contributed by atoms with Gasteiger partial charge in [-0.1, -0.05) is 22.9 Å². The van der Waals surface area contributed by atoms with Gasteiger partial charge in [-0.25, -0.2) is 0 Å². The Morgan fingerprint density at radius 1 is 1.31 bits per heavy atom. The quantitative estimate of drug-likeness (QED) is 0.659. The van der Waals surface area contributed by atoms with E-state index in [9.17, 15) is 0 Å². The maximum absolute atomic E-state index is 4.48. The molecular weight excluding hydrogens is 350 g/mol. The van der Waals surface area contributed by atoms with E-state index in [1.54, 1.807) is 11.3 Å². The molecule has 0 atom stereocenters. The molecule has 0 unspecified atom stereocenters. The summed E-state index contributed by atoms with van der Waals surface area (Å²) in [5.41, 5.74) is 3.47. The van der Waals surface area contributed by atoms with E-state index in [0.29, 0.717) is 0 Å². The molecule has 13 heavy (non-hydrogen) atoms. The molecule has 1 nitrogen and oxygen atoms in total. The van der Waals surface area contributed by atoms with Crippen molar-refractivity contribution in [2.45, 2.75) is 20.8 Å². The summed E-state index contributed by atoms with van der Waals surface area (Å²) in [6.45, 7) is 6.25. The van der Waals surface area contributed by atoms with Crippen LogP contribution < -0.4 is 0 Å². The summed E-state index contributed by atoms with van der Waals surface area (Å²) in [6, 6.07) is 5.18. The van der Waals surface area contributed by atoms with Crippen molar-refractivity contribution in [3.05, 3.63) is 28.3 Å². The van der Waals surface area contributed by atoms with Gasteiger partial charge in [0, 0.05) is 21.1 Å². The molecule has 2 aromatic rings. The Morgan fingerprint density at radius 3 is 2.69 bits per heavy atom. The third-order valence-electron chi connectivity index (χ3n) is 2.05. The van der Waals surface area contributed by atoms with Crippen LogP contribution in [0.5, 0.6) is 0 Å². The van der Waals surface area contributed by atoms with Gasteiger partial charge in [0.05, 0.1) is 0 Å². The summed E-state index contributed by atoms with van der Waals surface area (Å²) >= 11 is 1.77. The monoisotopic (exact) mass is 360 g/mol. The van der Waals surface area contributed by atoms with Gasteiger partial charge in [-0.3, -0.25) is 0 Å². The summed E-state index contributed by atoms with van der Waals surface area (Å²) < 4.78 is 1.18. The van der Waals surface area contributed by atoms with Gasteiger partial charge in [0.2, 0.25) is 0 Å². The second kappa shape index (κ2) is 3.89. The molecule has 0 aliphatic rings. The first-order valence-corrected chi connectivity index (χ1v) is 4.75. The Labute approximate surface area is 96.5 Å². The van der Waals surface area contributed by atoms with Crippen LogP contribution in [0.2, 0.25) is 0 Å². The summed E-state index contributed by atoms with van der Waals surface area (Å²) in [7, 11) is 0. The van der Waals surface area contributed by atoms with Crippen molar-refractivity contribution in [3.8, 4) is 0 Å². The Hall–Kier alpha value is -0.202. The minimum atomic E-state index is 0. The normalized spacial score (nSPS) is 10.1. The smallest absolute Gasteiger partial charge is 0 e. The molecule has 0 amide bonds. The Bertz CT molecular complexity index is 434. The van der Waals surface area contributed by atoms with Crippen LogP contribution in [0.25, 0.3) is 10.2 Å². The Kier molecular flexibility index (Phi) is 3.26. The molecule has 0 N–H and O–H groups in total. The molecule has 0 aromatic carbocycles. The van der Waals surface area contributed by atoms with Crippen molar-refractivity contribution in [1.29, 1.82) is 0 Å². The van der Waals surface area contributed by atoms with Gasteiger partial charge < -0.3 is 4.98 Å². The SMILES string of the molecule is Cc1c[c-]c2sc(C)c(C)c2n1.[W]. The molecule has 2 rings (SSSR count). The number of pyridine rings is 1. The second-order valence-electron chi connectivity index (χ2n) is 3.00. The van der Waals surface area contributed by atoms with Crippen molar-refractivity contribution < 1.29 is 21.1 Å². The number of aromatic nitrogens is 1. The zero-order chi connectivity index (χ0) is 8.72. The van der Waals surface area contributed by atoms with Gasteiger partial charge >= 0.3 is 0 Å². The van der Waals surface area contributed by atoms with Crippen molar-refractivity contribution in [2.24, 2.45) is 0 Å². The third-order valence-corrected chi connectivity index (χ3v) is 3.18. The van der Waals surface area contributed by atoms with Gasteiger partial charge in [-0.2, -0.15) is 23.5 Å². The molecule has 0 radical (unpaired) electrons. The first-order chi connectivity index (χ1) is 5.68. The van der Waals surface area contributed by atoms with E-state index < -0.39 is 0 Å². The van der Waals surface area contributed by atoms with Gasteiger partial charge in [0.1, 0.15) is 0 Å². The third kappa shape index (κ3) is 1.84. The fourth-order valence-electron chi connectivity index (χ4n) is 1.23. The number of nitrogens with zero attached hydrogens (tertiary/aromatic N) is 1. The number of fused-ring (bicyclic) bond motifs is 1. The molecule has 0 bridgehead atoms. The summed E-state index contributed by atoms with van der Waals surface area (Å²) in [5, 5.41) is 0. The zero-order valence-corrected chi connectivity index (χ0v) is 11.6. The molecule has 2 aromatic heterocycles. The topological polar surface area (TPSA) is 12.9 Å². The molecule has 2 heterocycles. The van der Waals surface area contributed by atoms with E-state index in [0.717, 1.165) is 11.2 Å². The van der Waals surface area contributed by atoms with Crippen LogP contribution in [-0.2, 0) is 21.1 Å². The fourth-order valence-corrected chi connectivity index (χ4v) is 2.20. The molecule has 0 saturated carbocycles. The predicted molar refractivity (Wildman–Crippen MR) is 52.7 cm³/mol. The number of thiophene rings is 1. The molecule has 0 saturated heterocycles. The van der Waals surface area contributed by atoms with Gasteiger partial charge in [-0.05, 0) is 24.2 Å². The molecule has 68 valence electrons. The zero-order valence-electron chi connectivity index (χ0n) is 7.84. The van der Waals surface area contributed by atoms with E-state index in [-0.39, 0.29) is 21.1 Å². The van der Waals surface area contributed by atoms with Crippen molar-refractivity contribution in [2.75, 3.05) is 0 Å². The van der Waals surface area contributed by atoms with Crippen LogP contribution in [0, 0.1) is 26.8 Å². The summed E-state index contributed by atoms with van der Waals surface area (Å²) in [5.74, 6) is 0. The van der Waals surface area contributed by atoms with E-state index in [1.807, 2.05) is 13.0 Å². The number of aryl methyl sites for hydroxylation is 3. The van der Waals surface area contributed by atoms with Crippen LogP contribution in [0.3, 0.4) is 0 Å². The molecular formula is C10H10NSW-. The maximum atomic E-state index is 4.48. The maximum Gasteiger partial charge on any atom is 0 e. The van der Waals surface area contributed by atoms with Crippen LogP contribution in [0.4, 0.5) is 0 Å². The van der Waals surface area contributed by atoms with E-state index in [2.05, 4.69) is 24.9 Å². The Balaban J connectivity index is 0.000000845. The summed E-state index contributed by atoms with van der Waals surface area (Å²) in [4.78, 5) is 5.82. The van der Waals surface area contributed by atoms with Gasteiger partial charge in [0.25, 0.3) is 0 Å². The number of hydrogen-bond acceptors (Lipinski definition) is 2. The van der Waals surface area contributed by atoms with Gasteiger partial charge in [0.15, 0.2) is 0 Å². The van der Waals surface area contributed by atoms with Gasteiger partial charge in [-0.15, -0.1) is 0 Å². The molecule has 0 fully saturated rings. The minimum absolute atomic E-state index is 0. The molecule has 0 aliphatic heterocycles. The van der Waals surface area contributed by atoms with Crippen LogP contribution in [0.1, 0.15) is 16.1 Å². The fraction of sp³-hybridized carbons (Fsp3) is 0.300. The Morgan fingerprint density at radius 2 is 2.00 bits per heavy atom. The van der Waals surface area contributed by atoms with E-state index in [4.69, 9.17) is 0 Å². The number of rotatable bonds is 0. The predicted octanol–water partition coefficient (Wildman–Crippen LogP) is 3.02. The standard InChI is InChI=1S/C10H10NS.W/c1-6-4-5-9-10(11-6)7(2)8(3)12-9;/h4H,1-3H3;/q-1;. The first kappa shape index (κ1) is 10.9. The number of hydrogen-bond donors (Lipinski definition) is 0. The molecule has 0 aliphatic carbocycles. The van der Waals surface area contributed by atoms with Crippen molar-refractivity contribution in [1.82, 2.24) is 4.98 Å². The molecule has 3 heteroatoms. The average Bonchev–Trinajstić information content (AvgIpc) is 2.31. The van der Waals surface area contributed by atoms with E-state index in [1.165, 1.54) is 15.1 Å². The molecule has 0 spiro atoms. The first-order valence-electron chi connectivity index (χ1n) is 3.93. The van der Waals surface area contributed by atoms with Crippen LogP contribution in [0.15, 0.2) is 6.07 Å². The second-order valence-corrected chi connectivity index (χ2v) is 4.23. The van der Waals surface area contributed by atoms with Crippen LogP contribution >= 0.6 is 11.3 Å². The van der Waals surface area contributed by atoms with Crippen molar-refractivity contribution >= 4 is 21.6 Å². The van der Waals surface area contributed by atoms with E-state index >= 15 is 0 Å².